The van der Waals surface area contributed by atoms with Gasteiger partial charge in [0.1, 0.15) is 11.3 Å². The standard InChI is InChI=1S/C29H36N2O5/c1-19-14-26(34-3)20(2)13-22(19)18-31-10-8-29(33,9-11-31)23-6-7-25-21(15-23)16-27(36-25)28(32)30-17-24-5-4-12-35-24/h6-7,13-16,24,33H,4-5,8-12,17-18H2,1-3H3,(H,30,32). The van der Waals surface area contributed by atoms with E-state index < -0.39 is 5.60 Å². The first-order valence-corrected chi connectivity index (χ1v) is 12.9. The summed E-state index contributed by atoms with van der Waals surface area (Å²) in [6.45, 7) is 7.92. The van der Waals surface area contributed by atoms with Crippen molar-refractivity contribution in [1.82, 2.24) is 10.2 Å². The number of aliphatic hydroxyl groups is 1. The first kappa shape index (κ1) is 24.8. The molecule has 5 rings (SSSR count). The quantitative estimate of drug-likeness (QED) is 0.507. The Morgan fingerprint density at radius 1 is 1.17 bits per heavy atom. The van der Waals surface area contributed by atoms with Crippen LogP contribution in [0.4, 0.5) is 0 Å². The highest BCUT2D eigenvalue weighted by atomic mass is 16.5. The summed E-state index contributed by atoms with van der Waals surface area (Å²) in [4.78, 5) is 15.0. The van der Waals surface area contributed by atoms with E-state index in [9.17, 15) is 9.90 Å². The number of hydrogen-bond donors (Lipinski definition) is 2. The van der Waals surface area contributed by atoms with Crippen molar-refractivity contribution in [3.63, 3.8) is 0 Å². The molecule has 3 heterocycles. The van der Waals surface area contributed by atoms with Gasteiger partial charge in [0, 0.05) is 38.2 Å². The van der Waals surface area contributed by atoms with Crippen molar-refractivity contribution in [3.8, 4) is 5.75 Å². The van der Waals surface area contributed by atoms with Crippen molar-refractivity contribution >= 4 is 16.9 Å². The Balaban J connectivity index is 1.23. The Labute approximate surface area is 212 Å². The summed E-state index contributed by atoms with van der Waals surface area (Å²) >= 11 is 0. The maximum absolute atomic E-state index is 12.6. The molecule has 2 aromatic carbocycles. The van der Waals surface area contributed by atoms with Crippen LogP contribution in [0.15, 0.2) is 40.8 Å². The van der Waals surface area contributed by atoms with E-state index in [0.717, 1.165) is 61.3 Å². The molecule has 2 fully saturated rings. The van der Waals surface area contributed by atoms with Gasteiger partial charge in [0.2, 0.25) is 0 Å². The molecule has 2 saturated heterocycles. The van der Waals surface area contributed by atoms with Crippen LogP contribution in [0.2, 0.25) is 0 Å². The van der Waals surface area contributed by atoms with Crippen molar-refractivity contribution < 1.29 is 23.8 Å². The molecule has 7 nitrogen and oxygen atoms in total. The second kappa shape index (κ2) is 10.2. The Bertz CT molecular complexity index is 1240. The van der Waals surface area contributed by atoms with Crippen LogP contribution in [0.1, 0.15) is 58.5 Å². The lowest BCUT2D eigenvalue weighted by atomic mass is 9.84. The summed E-state index contributed by atoms with van der Waals surface area (Å²) in [5, 5.41) is 15.2. The molecule has 0 radical (unpaired) electrons. The van der Waals surface area contributed by atoms with Gasteiger partial charge in [-0.15, -0.1) is 0 Å². The van der Waals surface area contributed by atoms with E-state index in [1.165, 1.54) is 11.1 Å². The number of aryl methyl sites for hydroxylation is 2. The third-order valence-electron chi connectivity index (χ3n) is 7.72. The van der Waals surface area contributed by atoms with Gasteiger partial charge in [0.25, 0.3) is 5.91 Å². The van der Waals surface area contributed by atoms with E-state index in [1.54, 1.807) is 13.2 Å². The number of amides is 1. The molecule has 0 saturated carbocycles. The monoisotopic (exact) mass is 492 g/mol. The van der Waals surface area contributed by atoms with Crippen molar-refractivity contribution in [2.45, 2.75) is 57.8 Å². The van der Waals surface area contributed by atoms with Gasteiger partial charge in [-0.1, -0.05) is 12.1 Å². The molecule has 192 valence electrons. The largest absolute Gasteiger partial charge is 0.496 e. The molecule has 2 aliphatic heterocycles. The molecule has 0 spiro atoms. The van der Waals surface area contributed by atoms with E-state index in [-0.39, 0.29) is 17.8 Å². The number of nitrogens with zero attached hydrogens (tertiary/aromatic N) is 1. The molecular formula is C29H36N2O5. The lowest BCUT2D eigenvalue weighted by Gasteiger charge is -2.38. The van der Waals surface area contributed by atoms with Crippen LogP contribution >= 0.6 is 0 Å². The minimum Gasteiger partial charge on any atom is -0.496 e. The van der Waals surface area contributed by atoms with Crippen LogP contribution in [-0.4, -0.2) is 55.4 Å². The molecule has 0 bridgehead atoms. The summed E-state index contributed by atoms with van der Waals surface area (Å²) in [5.41, 5.74) is 4.28. The van der Waals surface area contributed by atoms with Crippen LogP contribution < -0.4 is 10.1 Å². The molecule has 1 amide bonds. The van der Waals surface area contributed by atoms with Crippen molar-refractivity contribution in [3.05, 3.63) is 64.4 Å². The van der Waals surface area contributed by atoms with E-state index in [2.05, 4.69) is 36.2 Å². The number of nitrogens with one attached hydrogen (secondary N) is 1. The third-order valence-corrected chi connectivity index (χ3v) is 7.72. The van der Waals surface area contributed by atoms with Gasteiger partial charge in [0.05, 0.1) is 18.8 Å². The second-order valence-electron chi connectivity index (χ2n) is 10.3. The number of ether oxygens (including phenoxy) is 2. The highest BCUT2D eigenvalue weighted by Crippen LogP contribution is 2.36. The number of likely N-dealkylation sites (tertiary alicyclic amines) is 1. The number of carbonyl (C=O) groups excluding carboxylic acids is 1. The summed E-state index contributed by atoms with van der Waals surface area (Å²) in [6.07, 6.45) is 3.40. The number of fused-ring (bicyclic) bond motifs is 1. The molecule has 0 aliphatic carbocycles. The zero-order valence-electron chi connectivity index (χ0n) is 21.4. The Kier molecular flexibility index (Phi) is 7.06. The van der Waals surface area contributed by atoms with Gasteiger partial charge in [-0.25, -0.2) is 0 Å². The summed E-state index contributed by atoms with van der Waals surface area (Å²) in [7, 11) is 1.70. The fraction of sp³-hybridized carbons (Fsp3) is 0.483. The minimum atomic E-state index is -0.894. The first-order chi connectivity index (χ1) is 17.3. The van der Waals surface area contributed by atoms with Crippen LogP contribution in [0, 0.1) is 13.8 Å². The lowest BCUT2D eigenvalue weighted by molar-refractivity contribution is -0.0276. The van der Waals surface area contributed by atoms with Gasteiger partial charge in [-0.05, 0) is 86.1 Å². The number of methoxy groups -OCH3 is 1. The smallest absolute Gasteiger partial charge is 0.287 e. The summed E-state index contributed by atoms with van der Waals surface area (Å²) < 4.78 is 16.8. The zero-order chi connectivity index (χ0) is 25.3. The molecule has 3 aromatic rings. The molecule has 36 heavy (non-hydrogen) atoms. The summed E-state index contributed by atoms with van der Waals surface area (Å²) in [6, 6.07) is 11.8. The van der Waals surface area contributed by atoms with Gasteiger partial charge in [-0.2, -0.15) is 0 Å². The number of furan rings is 1. The van der Waals surface area contributed by atoms with E-state index in [1.807, 2.05) is 18.2 Å². The Hall–Kier alpha value is -2.87. The lowest BCUT2D eigenvalue weighted by Crippen LogP contribution is -2.42. The molecular weight excluding hydrogens is 456 g/mol. The average Bonchev–Trinajstić information content (AvgIpc) is 3.55. The Morgan fingerprint density at radius 2 is 1.97 bits per heavy atom. The van der Waals surface area contributed by atoms with Crippen molar-refractivity contribution in [2.75, 3.05) is 33.4 Å². The molecule has 2 aliphatic rings. The molecule has 7 heteroatoms. The van der Waals surface area contributed by atoms with Crippen LogP contribution in [-0.2, 0) is 16.9 Å². The van der Waals surface area contributed by atoms with Crippen LogP contribution in [0.5, 0.6) is 5.75 Å². The average molecular weight is 493 g/mol. The zero-order valence-corrected chi connectivity index (χ0v) is 21.4. The fourth-order valence-corrected chi connectivity index (χ4v) is 5.39. The number of carbonyl (C=O) groups is 1. The molecule has 1 aromatic heterocycles. The SMILES string of the molecule is COc1cc(C)c(CN2CCC(O)(c3ccc4oc(C(=O)NCC5CCCO5)cc4c3)CC2)cc1C. The van der Waals surface area contributed by atoms with E-state index >= 15 is 0 Å². The Morgan fingerprint density at radius 3 is 2.69 bits per heavy atom. The number of piperidine rings is 1. The second-order valence-corrected chi connectivity index (χ2v) is 10.3. The van der Waals surface area contributed by atoms with Gasteiger partial charge in [-0.3, -0.25) is 9.69 Å². The predicted octanol–water partition coefficient (Wildman–Crippen LogP) is 4.45. The van der Waals surface area contributed by atoms with Gasteiger partial charge < -0.3 is 24.3 Å². The normalized spacial score (nSPS) is 20.1. The number of benzene rings is 2. The molecule has 1 atom stereocenters. The minimum absolute atomic E-state index is 0.0858. The first-order valence-electron chi connectivity index (χ1n) is 12.9. The topological polar surface area (TPSA) is 84.2 Å². The fourth-order valence-electron chi connectivity index (χ4n) is 5.39. The van der Waals surface area contributed by atoms with Crippen molar-refractivity contribution in [2.24, 2.45) is 0 Å². The highest BCUT2D eigenvalue weighted by molar-refractivity contribution is 5.96. The maximum Gasteiger partial charge on any atom is 0.287 e. The van der Waals surface area contributed by atoms with Gasteiger partial charge in [0.15, 0.2) is 5.76 Å². The highest BCUT2D eigenvalue weighted by Gasteiger charge is 2.34. The number of rotatable bonds is 7. The number of hydrogen-bond acceptors (Lipinski definition) is 6. The summed E-state index contributed by atoms with van der Waals surface area (Å²) in [5.74, 6) is 0.966. The maximum atomic E-state index is 12.6. The molecule has 2 N–H and O–H groups in total. The van der Waals surface area contributed by atoms with Crippen LogP contribution in [0.3, 0.4) is 0 Å². The van der Waals surface area contributed by atoms with E-state index in [4.69, 9.17) is 13.9 Å². The predicted molar refractivity (Wildman–Crippen MR) is 138 cm³/mol. The van der Waals surface area contributed by atoms with Crippen LogP contribution in [0.25, 0.3) is 11.0 Å². The van der Waals surface area contributed by atoms with Crippen molar-refractivity contribution in [1.29, 1.82) is 0 Å². The molecule has 1 unspecified atom stereocenters. The van der Waals surface area contributed by atoms with E-state index in [0.29, 0.717) is 25.0 Å². The third kappa shape index (κ3) is 5.14. The van der Waals surface area contributed by atoms with Gasteiger partial charge >= 0.3 is 0 Å².